The Morgan fingerprint density at radius 1 is 1.46 bits per heavy atom. The number of hydrogen-bond acceptors (Lipinski definition) is 3. The van der Waals surface area contributed by atoms with Crippen molar-refractivity contribution in [2.24, 2.45) is 0 Å². The van der Waals surface area contributed by atoms with E-state index in [1.54, 1.807) is 6.07 Å². The van der Waals surface area contributed by atoms with Gasteiger partial charge >= 0.3 is 11.2 Å². The lowest BCUT2D eigenvalue weighted by molar-refractivity contribution is -0.386. The molecule has 0 saturated heterocycles. The van der Waals surface area contributed by atoms with Crippen LogP contribution >= 0.6 is 0 Å². The number of H-pyrrole nitrogens is 1. The summed E-state index contributed by atoms with van der Waals surface area (Å²) in [5.41, 5.74) is -0.351. The van der Waals surface area contributed by atoms with Crippen LogP contribution in [0.1, 0.15) is 25.5 Å². The molecule has 1 rings (SSSR count). The van der Waals surface area contributed by atoms with Gasteiger partial charge in [-0.25, -0.2) is 0 Å². The Kier molecular flexibility index (Phi) is 2.46. The molecule has 0 aromatic carbocycles. The average molecular weight is 182 g/mol. The smallest absolute Gasteiger partial charge is 0.320 e. The lowest BCUT2D eigenvalue weighted by Gasteiger charge is -2.02. The molecule has 0 aliphatic heterocycles. The summed E-state index contributed by atoms with van der Waals surface area (Å²) < 4.78 is 0. The number of aromatic amines is 1. The van der Waals surface area contributed by atoms with Crippen molar-refractivity contribution in [3.8, 4) is 0 Å². The Labute approximate surface area is 74.6 Å². The molecule has 0 aliphatic carbocycles. The molecular formula is C8H10N2O3. The zero-order valence-electron chi connectivity index (χ0n) is 7.40. The fraction of sp³-hybridized carbons (Fsp3) is 0.375. The van der Waals surface area contributed by atoms with Gasteiger partial charge < -0.3 is 4.98 Å². The van der Waals surface area contributed by atoms with Gasteiger partial charge in [0.2, 0.25) is 0 Å². The molecule has 0 spiro atoms. The lowest BCUT2D eigenvalue weighted by Crippen LogP contribution is -2.13. The lowest BCUT2D eigenvalue weighted by atomic mass is 10.1. The third kappa shape index (κ3) is 1.93. The van der Waals surface area contributed by atoms with E-state index in [1.165, 1.54) is 6.07 Å². The minimum atomic E-state index is -0.692. The first-order chi connectivity index (χ1) is 6.02. The molecule has 1 aromatic rings. The monoisotopic (exact) mass is 182 g/mol. The van der Waals surface area contributed by atoms with Crippen molar-refractivity contribution in [1.82, 2.24) is 4.98 Å². The Bertz CT molecular complexity index is 381. The standard InChI is InChI=1S/C8H10N2O3/c1-5(2)6-3-4-7(10(12)13)8(11)9-6/h3-5H,1-2H3,(H,9,11). The minimum Gasteiger partial charge on any atom is -0.320 e. The van der Waals surface area contributed by atoms with E-state index in [-0.39, 0.29) is 5.92 Å². The fourth-order valence-electron chi connectivity index (χ4n) is 0.962. The number of rotatable bonds is 2. The molecule has 70 valence electrons. The summed E-state index contributed by atoms with van der Waals surface area (Å²) in [5, 5.41) is 10.3. The Hall–Kier alpha value is -1.65. The van der Waals surface area contributed by atoms with Crippen LogP contribution < -0.4 is 5.56 Å². The molecule has 1 aromatic heterocycles. The molecule has 0 unspecified atom stereocenters. The van der Waals surface area contributed by atoms with Crippen LogP contribution in [0.5, 0.6) is 0 Å². The molecule has 1 heterocycles. The maximum atomic E-state index is 11.1. The van der Waals surface area contributed by atoms with Gasteiger partial charge in [0.25, 0.3) is 0 Å². The van der Waals surface area contributed by atoms with Gasteiger partial charge in [-0.05, 0) is 12.0 Å². The highest BCUT2D eigenvalue weighted by atomic mass is 16.6. The van der Waals surface area contributed by atoms with Gasteiger partial charge in [0, 0.05) is 11.8 Å². The van der Waals surface area contributed by atoms with Gasteiger partial charge in [-0.3, -0.25) is 14.9 Å². The highest BCUT2D eigenvalue weighted by molar-refractivity contribution is 5.27. The van der Waals surface area contributed by atoms with Crippen molar-refractivity contribution in [2.75, 3.05) is 0 Å². The second-order valence-electron chi connectivity index (χ2n) is 3.04. The quantitative estimate of drug-likeness (QED) is 0.554. The van der Waals surface area contributed by atoms with Gasteiger partial charge in [-0.1, -0.05) is 13.8 Å². The minimum absolute atomic E-state index is 0.161. The highest BCUT2D eigenvalue weighted by Gasteiger charge is 2.12. The highest BCUT2D eigenvalue weighted by Crippen LogP contribution is 2.11. The van der Waals surface area contributed by atoms with Crippen molar-refractivity contribution >= 4 is 5.69 Å². The second-order valence-corrected chi connectivity index (χ2v) is 3.04. The molecule has 5 nitrogen and oxygen atoms in total. The molecular weight excluding hydrogens is 172 g/mol. The van der Waals surface area contributed by atoms with Crippen LogP contribution in [0.2, 0.25) is 0 Å². The molecule has 13 heavy (non-hydrogen) atoms. The zero-order chi connectivity index (χ0) is 10.0. The zero-order valence-corrected chi connectivity index (χ0v) is 7.40. The third-order valence-corrected chi connectivity index (χ3v) is 1.73. The summed E-state index contributed by atoms with van der Waals surface area (Å²) in [6.07, 6.45) is 0. The molecule has 0 atom stereocenters. The maximum absolute atomic E-state index is 11.1. The van der Waals surface area contributed by atoms with Gasteiger partial charge in [0.05, 0.1) is 4.92 Å². The van der Waals surface area contributed by atoms with Crippen LogP contribution in [0.25, 0.3) is 0 Å². The van der Waals surface area contributed by atoms with E-state index < -0.39 is 16.2 Å². The molecule has 5 heteroatoms. The van der Waals surface area contributed by atoms with Crippen molar-refractivity contribution < 1.29 is 4.92 Å². The van der Waals surface area contributed by atoms with E-state index in [0.29, 0.717) is 5.69 Å². The van der Waals surface area contributed by atoms with Crippen LogP contribution in [0.15, 0.2) is 16.9 Å². The summed E-state index contributed by atoms with van der Waals surface area (Å²) >= 11 is 0. The number of pyridine rings is 1. The van der Waals surface area contributed by atoms with E-state index in [4.69, 9.17) is 0 Å². The van der Waals surface area contributed by atoms with Crippen LogP contribution in [0.3, 0.4) is 0 Å². The van der Waals surface area contributed by atoms with Gasteiger partial charge in [-0.15, -0.1) is 0 Å². The summed E-state index contributed by atoms with van der Waals surface area (Å²) in [4.78, 5) is 23.1. The van der Waals surface area contributed by atoms with Crippen LogP contribution in [-0.2, 0) is 0 Å². The van der Waals surface area contributed by atoms with Crippen molar-refractivity contribution in [3.05, 3.63) is 38.3 Å². The fourth-order valence-corrected chi connectivity index (χ4v) is 0.962. The molecule has 0 aliphatic rings. The molecule has 0 amide bonds. The normalized spacial score (nSPS) is 10.4. The largest absolute Gasteiger partial charge is 0.333 e. The van der Waals surface area contributed by atoms with Crippen molar-refractivity contribution in [2.45, 2.75) is 19.8 Å². The van der Waals surface area contributed by atoms with Crippen molar-refractivity contribution in [1.29, 1.82) is 0 Å². The summed E-state index contributed by atoms with van der Waals surface area (Å²) in [5.74, 6) is 0.161. The van der Waals surface area contributed by atoms with Crippen LogP contribution in [0, 0.1) is 10.1 Å². The Balaban J connectivity index is 3.21. The molecule has 1 N–H and O–H groups in total. The van der Waals surface area contributed by atoms with Gasteiger partial charge in [-0.2, -0.15) is 0 Å². The topological polar surface area (TPSA) is 76.0 Å². The molecule has 0 fully saturated rings. The van der Waals surface area contributed by atoms with E-state index >= 15 is 0 Å². The average Bonchev–Trinajstić information content (AvgIpc) is 2.03. The molecule has 0 radical (unpaired) electrons. The van der Waals surface area contributed by atoms with Gasteiger partial charge in [0.15, 0.2) is 0 Å². The first kappa shape index (κ1) is 9.44. The third-order valence-electron chi connectivity index (χ3n) is 1.73. The summed E-state index contributed by atoms with van der Waals surface area (Å²) in [6, 6.07) is 2.79. The number of nitrogens with zero attached hydrogens (tertiary/aromatic N) is 1. The van der Waals surface area contributed by atoms with Crippen LogP contribution in [-0.4, -0.2) is 9.91 Å². The number of nitro groups is 1. The predicted octanol–water partition coefficient (Wildman–Crippen LogP) is 1.41. The van der Waals surface area contributed by atoms with E-state index in [9.17, 15) is 14.9 Å². The summed E-state index contributed by atoms with van der Waals surface area (Å²) in [7, 11) is 0. The Morgan fingerprint density at radius 2 is 2.08 bits per heavy atom. The van der Waals surface area contributed by atoms with E-state index in [0.717, 1.165) is 0 Å². The first-order valence-corrected chi connectivity index (χ1v) is 3.90. The first-order valence-electron chi connectivity index (χ1n) is 3.90. The number of nitrogens with one attached hydrogen (secondary N) is 1. The summed E-state index contributed by atoms with van der Waals surface area (Å²) in [6.45, 7) is 3.80. The Morgan fingerprint density at radius 3 is 2.46 bits per heavy atom. The molecule has 0 bridgehead atoms. The van der Waals surface area contributed by atoms with E-state index in [2.05, 4.69) is 4.98 Å². The number of aromatic nitrogens is 1. The number of hydrogen-bond donors (Lipinski definition) is 1. The maximum Gasteiger partial charge on any atom is 0.333 e. The SMILES string of the molecule is CC(C)c1ccc([N+](=O)[O-])c(=O)[nH]1. The van der Waals surface area contributed by atoms with Gasteiger partial charge in [0.1, 0.15) is 0 Å². The molecule has 0 saturated carbocycles. The second kappa shape index (κ2) is 3.38. The van der Waals surface area contributed by atoms with E-state index in [1.807, 2.05) is 13.8 Å². The predicted molar refractivity (Wildman–Crippen MR) is 47.8 cm³/mol. The van der Waals surface area contributed by atoms with Crippen molar-refractivity contribution in [3.63, 3.8) is 0 Å². The van der Waals surface area contributed by atoms with Crippen LogP contribution in [0.4, 0.5) is 5.69 Å².